The average molecular weight is 399 g/mol. The van der Waals surface area contributed by atoms with Crippen molar-refractivity contribution in [3.8, 4) is 5.75 Å². The van der Waals surface area contributed by atoms with Crippen LogP contribution in [0.1, 0.15) is 36.9 Å². The zero-order valence-corrected chi connectivity index (χ0v) is 15.6. The number of hydrogen-bond acceptors (Lipinski definition) is 6. The molecule has 2 aromatic rings. The SMILES string of the molecule is CCOC(=O)COc1cc2c(C(=O)OC(C)C)c(C)oc2cc1Br. The molecule has 0 aliphatic rings. The number of ether oxygens (including phenoxy) is 3. The minimum atomic E-state index is -0.465. The van der Waals surface area contributed by atoms with E-state index < -0.39 is 11.9 Å². The third kappa shape index (κ3) is 4.08. The van der Waals surface area contributed by atoms with E-state index in [2.05, 4.69) is 15.9 Å². The van der Waals surface area contributed by atoms with E-state index in [0.29, 0.717) is 32.5 Å². The Bertz CT molecular complexity index is 762. The van der Waals surface area contributed by atoms with Crippen molar-refractivity contribution in [1.29, 1.82) is 0 Å². The summed E-state index contributed by atoms with van der Waals surface area (Å²) < 4.78 is 21.8. The first kappa shape index (κ1) is 18.3. The van der Waals surface area contributed by atoms with Gasteiger partial charge in [0.15, 0.2) is 6.61 Å². The molecule has 0 saturated carbocycles. The van der Waals surface area contributed by atoms with Crippen LogP contribution >= 0.6 is 15.9 Å². The van der Waals surface area contributed by atoms with Crippen molar-refractivity contribution < 1.29 is 28.2 Å². The van der Waals surface area contributed by atoms with E-state index in [1.165, 1.54) is 0 Å². The molecule has 1 aromatic carbocycles. The number of fused-ring (bicyclic) bond motifs is 1. The summed E-state index contributed by atoms with van der Waals surface area (Å²) in [6.45, 7) is 7.04. The van der Waals surface area contributed by atoms with Crippen molar-refractivity contribution in [3.63, 3.8) is 0 Å². The second-order valence-corrected chi connectivity index (χ2v) is 6.21. The Hall–Kier alpha value is -2.02. The lowest BCUT2D eigenvalue weighted by molar-refractivity contribution is -0.145. The second kappa shape index (κ2) is 7.70. The molecule has 0 aliphatic heterocycles. The number of furan rings is 1. The van der Waals surface area contributed by atoms with Crippen LogP contribution < -0.4 is 4.74 Å². The highest BCUT2D eigenvalue weighted by atomic mass is 79.9. The molecule has 0 amide bonds. The van der Waals surface area contributed by atoms with Crippen molar-refractivity contribution >= 4 is 38.8 Å². The van der Waals surface area contributed by atoms with E-state index in [4.69, 9.17) is 18.6 Å². The average Bonchev–Trinajstić information content (AvgIpc) is 2.79. The van der Waals surface area contributed by atoms with Gasteiger partial charge in [-0.15, -0.1) is 0 Å². The van der Waals surface area contributed by atoms with Crippen LogP contribution in [0.4, 0.5) is 0 Å². The fraction of sp³-hybridized carbons (Fsp3) is 0.412. The summed E-state index contributed by atoms with van der Waals surface area (Å²) >= 11 is 3.36. The van der Waals surface area contributed by atoms with Crippen LogP contribution in [0.5, 0.6) is 5.75 Å². The minimum Gasteiger partial charge on any atom is -0.481 e. The summed E-state index contributed by atoms with van der Waals surface area (Å²) in [6.07, 6.45) is -0.239. The second-order valence-electron chi connectivity index (χ2n) is 5.36. The summed E-state index contributed by atoms with van der Waals surface area (Å²) in [7, 11) is 0. The molecule has 7 heteroatoms. The van der Waals surface area contributed by atoms with Crippen LogP contribution in [0.2, 0.25) is 0 Å². The van der Waals surface area contributed by atoms with E-state index in [9.17, 15) is 9.59 Å². The summed E-state index contributed by atoms with van der Waals surface area (Å²) in [6, 6.07) is 3.33. The topological polar surface area (TPSA) is 75.0 Å². The molecule has 24 heavy (non-hydrogen) atoms. The molecule has 2 rings (SSSR count). The molecule has 0 radical (unpaired) electrons. The van der Waals surface area contributed by atoms with Gasteiger partial charge in [-0.1, -0.05) is 0 Å². The standard InChI is InChI=1S/C17H19BrO6/c1-5-21-15(19)8-22-14-6-11-13(7-12(14)18)24-10(4)16(11)17(20)23-9(2)3/h6-7,9H,5,8H2,1-4H3. The number of carbonyl (C=O) groups excluding carboxylic acids is 2. The van der Waals surface area contributed by atoms with Gasteiger partial charge in [0.25, 0.3) is 0 Å². The summed E-state index contributed by atoms with van der Waals surface area (Å²) in [5.74, 6) is -0.0488. The number of benzene rings is 1. The maximum absolute atomic E-state index is 12.3. The highest BCUT2D eigenvalue weighted by Gasteiger charge is 2.22. The van der Waals surface area contributed by atoms with Crippen LogP contribution in [0.25, 0.3) is 11.0 Å². The molecule has 1 aromatic heterocycles. The van der Waals surface area contributed by atoms with Crippen LogP contribution in [-0.4, -0.2) is 31.3 Å². The molecule has 0 aliphatic carbocycles. The molecule has 1 heterocycles. The Balaban J connectivity index is 2.36. The molecule has 6 nitrogen and oxygen atoms in total. The van der Waals surface area contributed by atoms with E-state index in [1.54, 1.807) is 39.8 Å². The maximum atomic E-state index is 12.3. The molecular formula is C17H19BrO6. The zero-order chi connectivity index (χ0) is 17.9. The summed E-state index contributed by atoms with van der Waals surface area (Å²) in [5, 5.41) is 0.570. The van der Waals surface area contributed by atoms with Crippen molar-refractivity contribution in [3.05, 3.63) is 27.9 Å². The Kier molecular flexibility index (Phi) is 5.88. The number of rotatable bonds is 6. The monoisotopic (exact) mass is 398 g/mol. The van der Waals surface area contributed by atoms with Gasteiger partial charge < -0.3 is 18.6 Å². The number of esters is 2. The lowest BCUT2D eigenvalue weighted by Gasteiger charge is -2.09. The van der Waals surface area contributed by atoms with E-state index >= 15 is 0 Å². The van der Waals surface area contributed by atoms with E-state index in [1.807, 2.05) is 0 Å². The van der Waals surface area contributed by atoms with Crippen LogP contribution in [0.15, 0.2) is 21.0 Å². The molecule has 0 saturated heterocycles. The molecule has 0 fully saturated rings. The largest absolute Gasteiger partial charge is 0.481 e. The van der Waals surface area contributed by atoms with Gasteiger partial charge in [-0.2, -0.15) is 0 Å². The third-order valence-electron chi connectivity index (χ3n) is 3.12. The fourth-order valence-electron chi connectivity index (χ4n) is 2.20. The van der Waals surface area contributed by atoms with E-state index in [0.717, 1.165) is 0 Å². The first-order chi connectivity index (χ1) is 11.3. The van der Waals surface area contributed by atoms with Gasteiger partial charge in [0.05, 0.1) is 17.2 Å². The molecular weight excluding hydrogens is 380 g/mol. The molecule has 130 valence electrons. The third-order valence-corrected chi connectivity index (χ3v) is 3.74. The number of halogens is 1. The smallest absolute Gasteiger partial charge is 0.344 e. The van der Waals surface area contributed by atoms with Gasteiger partial charge in [0, 0.05) is 5.39 Å². The predicted octanol–water partition coefficient (Wildman–Crippen LogP) is 4.01. The Morgan fingerprint density at radius 1 is 1.29 bits per heavy atom. The van der Waals surface area contributed by atoms with Crippen molar-refractivity contribution in [2.75, 3.05) is 13.2 Å². The first-order valence-electron chi connectivity index (χ1n) is 7.55. The quantitative estimate of drug-likeness (QED) is 0.684. The van der Waals surface area contributed by atoms with Gasteiger partial charge in [0.2, 0.25) is 0 Å². The summed E-state index contributed by atoms with van der Waals surface area (Å²) in [5.41, 5.74) is 0.880. The molecule has 0 bridgehead atoms. The maximum Gasteiger partial charge on any atom is 0.344 e. The van der Waals surface area contributed by atoms with Crippen LogP contribution in [-0.2, 0) is 14.3 Å². The minimum absolute atomic E-state index is 0.222. The van der Waals surface area contributed by atoms with Crippen LogP contribution in [0, 0.1) is 6.92 Å². The van der Waals surface area contributed by atoms with Gasteiger partial charge >= 0.3 is 11.9 Å². The Morgan fingerprint density at radius 2 is 2.00 bits per heavy atom. The highest BCUT2D eigenvalue weighted by Crippen LogP contribution is 2.35. The van der Waals surface area contributed by atoms with Crippen molar-refractivity contribution in [1.82, 2.24) is 0 Å². The fourth-order valence-corrected chi connectivity index (χ4v) is 2.63. The molecule has 0 spiro atoms. The Labute approximate surface area is 148 Å². The Morgan fingerprint density at radius 3 is 2.62 bits per heavy atom. The molecule has 0 unspecified atom stereocenters. The van der Waals surface area contributed by atoms with E-state index in [-0.39, 0.29) is 19.3 Å². The number of aryl methyl sites for hydroxylation is 1. The van der Waals surface area contributed by atoms with Crippen LogP contribution in [0.3, 0.4) is 0 Å². The number of hydrogen-bond donors (Lipinski definition) is 0. The van der Waals surface area contributed by atoms with Crippen molar-refractivity contribution in [2.24, 2.45) is 0 Å². The molecule has 0 atom stereocenters. The lowest BCUT2D eigenvalue weighted by atomic mass is 10.1. The first-order valence-corrected chi connectivity index (χ1v) is 8.34. The van der Waals surface area contributed by atoms with Gasteiger partial charge in [0.1, 0.15) is 22.7 Å². The van der Waals surface area contributed by atoms with Gasteiger partial charge in [-0.25, -0.2) is 9.59 Å². The zero-order valence-electron chi connectivity index (χ0n) is 14.0. The summed E-state index contributed by atoms with van der Waals surface area (Å²) in [4.78, 5) is 23.7. The van der Waals surface area contributed by atoms with Gasteiger partial charge in [-0.3, -0.25) is 0 Å². The van der Waals surface area contributed by atoms with Crippen molar-refractivity contribution in [2.45, 2.75) is 33.8 Å². The normalized spacial score (nSPS) is 10.9. The molecule has 0 N–H and O–H groups in total. The highest BCUT2D eigenvalue weighted by molar-refractivity contribution is 9.10. The van der Waals surface area contributed by atoms with Gasteiger partial charge in [-0.05, 0) is 55.8 Å². The predicted molar refractivity (Wildman–Crippen MR) is 91.3 cm³/mol. The lowest BCUT2D eigenvalue weighted by Crippen LogP contribution is -2.15. The number of carbonyl (C=O) groups is 2.